The van der Waals surface area contributed by atoms with E-state index in [1.165, 1.54) is 16.8 Å². The summed E-state index contributed by atoms with van der Waals surface area (Å²) in [4.78, 5) is 2.48. The van der Waals surface area contributed by atoms with Crippen LogP contribution in [-0.4, -0.2) is 18.2 Å². The average molecular weight is 217 g/mol. The first-order valence-electron chi connectivity index (χ1n) is 6.24. The molecular weight excluding hydrogens is 198 g/mol. The molecule has 1 N–H and O–H groups in total. The molecule has 2 unspecified atom stereocenters. The van der Waals surface area contributed by atoms with Crippen LogP contribution in [0.25, 0.3) is 0 Å². The van der Waals surface area contributed by atoms with E-state index in [1.807, 2.05) is 6.07 Å². The standard InChI is InChI=1S/C14H19NO/c1-9-5-11-3-4-13(16)12-6-10(2)8-15(7-9)14(11)12/h3-4,9-10,16H,5-8H2,1-2H3. The first-order valence-corrected chi connectivity index (χ1v) is 6.24. The maximum Gasteiger partial charge on any atom is 0.120 e. The highest BCUT2D eigenvalue weighted by Gasteiger charge is 2.30. The molecule has 2 heteroatoms. The van der Waals surface area contributed by atoms with E-state index < -0.39 is 0 Å². The summed E-state index contributed by atoms with van der Waals surface area (Å²) in [5.41, 5.74) is 3.96. The van der Waals surface area contributed by atoms with Gasteiger partial charge in [-0.3, -0.25) is 0 Å². The van der Waals surface area contributed by atoms with Crippen molar-refractivity contribution in [2.45, 2.75) is 26.7 Å². The van der Waals surface area contributed by atoms with Crippen LogP contribution in [-0.2, 0) is 12.8 Å². The van der Waals surface area contributed by atoms with Gasteiger partial charge in [0.1, 0.15) is 5.75 Å². The summed E-state index contributed by atoms with van der Waals surface area (Å²) in [6.45, 7) is 6.88. The summed E-state index contributed by atoms with van der Waals surface area (Å²) in [6, 6.07) is 3.98. The van der Waals surface area contributed by atoms with Crippen molar-refractivity contribution < 1.29 is 5.11 Å². The average Bonchev–Trinajstić information content (AvgIpc) is 2.22. The zero-order valence-corrected chi connectivity index (χ0v) is 10.0. The minimum atomic E-state index is 0.491. The van der Waals surface area contributed by atoms with E-state index in [-0.39, 0.29) is 0 Å². The van der Waals surface area contributed by atoms with Crippen LogP contribution >= 0.6 is 0 Å². The smallest absolute Gasteiger partial charge is 0.120 e. The first kappa shape index (κ1) is 10.0. The van der Waals surface area contributed by atoms with E-state index in [4.69, 9.17) is 0 Å². The Morgan fingerprint density at radius 3 is 2.56 bits per heavy atom. The molecule has 2 aliphatic heterocycles. The highest BCUT2D eigenvalue weighted by molar-refractivity contribution is 5.67. The van der Waals surface area contributed by atoms with Crippen molar-refractivity contribution in [1.82, 2.24) is 0 Å². The van der Waals surface area contributed by atoms with Gasteiger partial charge in [0.05, 0.1) is 0 Å². The second-order valence-corrected chi connectivity index (χ2v) is 5.59. The van der Waals surface area contributed by atoms with E-state index in [9.17, 15) is 5.11 Å². The van der Waals surface area contributed by atoms with Gasteiger partial charge < -0.3 is 10.0 Å². The normalized spacial score (nSPS) is 27.8. The summed E-state index contributed by atoms with van der Waals surface area (Å²) in [7, 11) is 0. The third kappa shape index (κ3) is 1.40. The zero-order chi connectivity index (χ0) is 11.3. The van der Waals surface area contributed by atoms with Gasteiger partial charge in [0, 0.05) is 24.3 Å². The van der Waals surface area contributed by atoms with Crippen LogP contribution in [0.4, 0.5) is 5.69 Å². The summed E-state index contributed by atoms with van der Waals surface area (Å²) >= 11 is 0. The molecule has 1 aromatic carbocycles. The van der Waals surface area contributed by atoms with Gasteiger partial charge >= 0.3 is 0 Å². The molecule has 0 amide bonds. The largest absolute Gasteiger partial charge is 0.508 e. The minimum absolute atomic E-state index is 0.491. The van der Waals surface area contributed by atoms with Crippen LogP contribution in [0.2, 0.25) is 0 Å². The van der Waals surface area contributed by atoms with Crippen LogP contribution in [0.1, 0.15) is 25.0 Å². The minimum Gasteiger partial charge on any atom is -0.508 e. The van der Waals surface area contributed by atoms with E-state index in [1.54, 1.807) is 0 Å². The SMILES string of the molecule is CC1Cc2ccc(O)c3c2N(C1)CC(C)C3. The lowest BCUT2D eigenvalue weighted by Crippen LogP contribution is -2.41. The maximum absolute atomic E-state index is 9.98. The van der Waals surface area contributed by atoms with Crippen molar-refractivity contribution in [3.63, 3.8) is 0 Å². The van der Waals surface area contributed by atoms with Gasteiger partial charge in [-0.15, -0.1) is 0 Å². The molecular formula is C14H19NO. The molecule has 16 heavy (non-hydrogen) atoms. The number of phenolic OH excluding ortho intramolecular Hbond substituents is 1. The van der Waals surface area contributed by atoms with Crippen molar-refractivity contribution in [2.24, 2.45) is 11.8 Å². The molecule has 0 fully saturated rings. The molecule has 0 spiro atoms. The van der Waals surface area contributed by atoms with E-state index >= 15 is 0 Å². The highest BCUT2D eigenvalue weighted by Crippen LogP contribution is 2.41. The topological polar surface area (TPSA) is 23.5 Å². The van der Waals surface area contributed by atoms with Crippen LogP contribution in [0.15, 0.2) is 12.1 Å². The molecule has 0 aliphatic carbocycles. The second-order valence-electron chi connectivity index (χ2n) is 5.59. The summed E-state index contributed by atoms with van der Waals surface area (Å²) < 4.78 is 0. The lowest BCUT2D eigenvalue weighted by atomic mass is 9.84. The van der Waals surface area contributed by atoms with Crippen LogP contribution < -0.4 is 4.90 Å². The number of benzene rings is 1. The fourth-order valence-corrected chi connectivity index (χ4v) is 3.30. The third-order valence-corrected chi connectivity index (χ3v) is 3.84. The van der Waals surface area contributed by atoms with Crippen molar-refractivity contribution in [2.75, 3.05) is 18.0 Å². The van der Waals surface area contributed by atoms with Gasteiger partial charge in [0.2, 0.25) is 0 Å². The van der Waals surface area contributed by atoms with Gasteiger partial charge in [-0.1, -0.05) is 19.9 Å². The highest BCUT2D eigenvalue weighted by atomic mass is 16.3. The lowest BCUT2D eigenvalue weighted by Gasteiger charge is -2.41. The Morgan fingerprint density at radius 2 is 1.81 bits per heavy atom. The Hall–Kier alpha value is -1.18. The van der Waals surface area contributed by atoms with Gasteiger partial charge in [0.25, 0.3) is 0 Å². The Bertz CT molecular complexity index is 425. The zero-order valence-electron chi connectivity index (χ0n) is 10.0. The lowest BCUT2D eigenvalue weighted by molar-refractivity contribution is 0.430. The molecule has 0 bridgehead atoms. The number of phenols is 1. The summed E-state index contributed by atoms with van der Waals surface area (Å²) in [5.74, 6) is 1.87. The Kier molecular flexibility index (Phi) is 2.13. The van der Waals surface area contributed by atoms with Crippen LogP contribution in [0.5, 0.6) is 5.75 Å². The monoisotopic (exact) mass is 217 g/mol. The number of rotatable bonds is 0. The van der Waals surface area contributed by atoms with Crippen molar-refractivity contribution >= 4 is 5.69 Å². The molecule has 0 saturated heterocycles. The van der Waals surface area contributed by atoms with Crippen LogP contribution in [0.3, 0.4) is 0 Å². The molecule has 1 aromatic rings. The van der Waals surface area contributed by atoms with Crippen molar-refractivity contribution in [3.8, 4) is 5.75 Å². The van der Waals surface area contributed by atoms with Gasteiger partial charge in [0.15, 0.2) is 0 Å². The predicted octanol–water partition coefficient (Wildman–Crippen LogP) is 2.58. The Morgan fingerprint density at radius 1 is 1.12 bits per heavy atom. The Balaban J connectivity index is 2.16. The molecule has 0 radical (unpaired) electrons. The predicted molar refractivity (Wildman–Crippen MR) is 66.1 cm³/mol. The number of hydrogen-bond donors (Lipinski definition) is 1. The quantitative estimate of drug-likeness (QED) is 0.722. The molecule has 2 aliphatic rings. The van der Waals surface area contributed by atoms with Crippen molar-refractivity contribution in [3.05, 3.63) is 23.3 Å². The fourth-order valence-electron chi connectivity index (χ4n) is 3.30. The molecule has 2 atom stereocenters. The van der Waals surface area contributed by atoms with Crippen molar-refractivity contribution in [1.29, 1.82) is 0 Å². The molecule has 2 heterocycles. The number of hydrogen-bond acceptors (Lipinski definition) is 2. The van der Waals surface area contributed by atoms with Gasteiger partial charge in [-0.2, -0.15) is 0 Å². The van der Waals surface area contributed by atoms with E-state index in [2.05, 4.69) is 24.8 Å². The van der Waals surface area contributed by atoms with Gasteiger partial charge in [-0.25, -0.2) is 0 Å². The first-order chi connectivity index (χ1) is 7.65. The molecule has 0 saturated carbocycles. The summed E-state index contributed by atoms with van der Waals surface area (Å²) in [6.07, 6.45) is 2.19. The summed E-state index contributed by atoms with van der Waals surface area (Å²) in [5, 5.41) is 9.98. The molecule has 86 valence electrons. The maximum atomic E-state index is 9.98. The molecule has 2 nitrogen and oxygen atoms in total. The Labute approximate surface area is 96.9 Å². The van der Waals surface area contributed by atoms with Crippen LogP contribution in [0, 0.1) is 11.8 Å². The third-order valence-electron chi connectivity index (χ3n) is 3.84. The van der Waals surface area contributed by atoms with E-state index in [0.717, 1.165) is 31.8 Å². The fraction of sp³-hybridized carbons (Fsp3) is 0.571. The number of nitrogens with zero attached hydrogens (tertiary/aromatic N) is 1. The van der Waals surface area contributed by atoms with E-state index in [0.29, 0.717) is 11.7 Å². The molecule has 0 aromatic heterocycles. The molecule has 3 rings (SSSR count). The van der Waals surface area contributed by atoms with Gasteiger partial charge in [-0.05, 0) is 36.3 Å². The second kappa shape index (κ2) is 3.41. The number of aromatic hydroxyl groups is 1. The number of anilines is 1.